The Morgan fingerprint density at radius 2 is 1.24 bits per heavy atom. The molecule has 0 aliphatic heterocycles. The molecule has 38 heavy (non-hydrogen) atoms. The van der Waals surface area contributed by atoms with Crippen molar-refractivity contribution in [1.29, 1.82) is 0 Å². The van der Waals surface area contributed by atoms with Gasteiger partial charge in [-0.1, -0.05) is 162 Å². The minimum absolute atomic E-state index is 0.885. The van der Waals surface area contributed by atoms with Crippen molar-refractivity contribution >= 4 is 6.08 Å². The van der Waals surface area contributed by atoms with Crippen LogP contribution >= 0.6 is 0 Å². The maximum atomic E-state index is 4.15. The lowest BCUT2D eigenvalue weighted by atomic mass is 9.90. The number of allylic oxidation sites excluding steroid dienone is 3. The zero-order valence-corrected chi connectivity index (χ0v) is 27.9. The van der Waals surface area contributed by atoms with Crippen molar-refractivity contribution in [2.45, 2.75) is 135 Å². The molecule has 0 aliphatic carbocycles. The van der Waals surface area contributed by atoms with Crippen molar-refractivity contribution < 1.29 is 0 Å². The first-order valence-electron chi connectivity index (χ1n) is 15.5. The van der Waals surface area contributed by atoms with Crippen LogP contribution in [0.4, 0.5) is 0 Å². The molecule has 0 atom stereocenters. The molecule has 0 heterocycles. The third kappa shape index (κ3) is 16.5. The monoisotopic (exact) mass is 521 g/mol. The van der Waals surface area contributed by atoms with Crippen LogP contribution in [-0.2, 0) is 12.8 Å². The summed E-state index contributed by atoms with van der Waals surface area (Å²) in [7, 11) is 0. The summed E-state index contributed by atoms with van der Waals surface area (Å²) in [6, 6.07) is 13.7. The van der Waals surface area contributed by atoms with Crippen LogP contribution in [-0.4, -0.2) is 0 Å². The van der Waals surface area contributed by atoms with Crippen LogP contribution in [0.15, 0.2) is 66.3 Å². The van der Waals surface area contributed by atoms with Crippen LogP contribution in [0.1, 0.15) is 137 Å². The molecule has 0 spiro atoms. The van der Waals surface area contributed by atoms with Crippen molar-refractivity contribution in [3.8, 4) is 11.1 Å². The minimum atomic E-state index is 0.885. The van der Waals surface area contributed by atoms with E-state index in [-0.39, 0.29) is 0 Å². The summed E-state index contributed by atoms with van der Waals surface area (Å²) in [6.07, 6.45) is 10.8. The number of rotatable bonds is 10. The largest absolute Gasteiger partial charge is 0.0998 e. The SMILES string of the molecule is C=C(C)C/C(=C\c1cc(CC)c(-c2ccc(CC)cc2)cc1C)C(=C)C.CC.CC.CC.CCCCCC. The molecule has 0 fully saturated rings. The second-order valence-electron chi connectivity index (χ2n) is 9.06. The summed E-state index contributed by atoms with van der Waals surface area (Å²) in [4.78, 5) is 0. The summed E-state index contributed by atoms with van der Waals surface area (Å²) in [5, 5.41) is 0. The predicted molar refractivity (Wildman–Crippen MR) is 181 cm³/mol. The molecule has 0 heteroatoms. The van der Waals surface area contributed by atoms with Gasteiger partial charge in [0.1, 0.15) is 0 Å². The van der Waals surface area contributed by atoms with Crippen LogP contribution in [0, 0.1) is 6.92 Å². The highest BCUT2D eigenvalue weighted by atomic mass is 14.1. The fourth-order valence-electron chi connectivity index (χ4n) is 3.75. The van der Waals surface area contributed by atoms with Crippen molar-refractivity contribution in [2.24, 2.45) is 0 Å². The Balaban J connectivity index is -0.000000871. The van der Waals surface area contributed by atoms with Crippen LogP contribution in [0.25, 0.3) is 17.2 Å². The lowest BCUT2D eigenvalue weighted by Gasteiger charge is -2.15. The van der Waals surface area contributed by atoms with Gasteiger partial charge in [-0.05, 0) is 79.0 Å². The minimum Gasteiger partial charge on any atom is -0.0998 e. The second-order valence-corrected chi connectivity index (χ2v) is 9.06. The first-order chi connectivity index (χ1) is 18.3. The highest BCUT2D eigenvalue weighted by Gasteiger charge is 2.09. The number of hydrogen-bond donors (Lipinski definition) is 0. The van der Waals surface area contributed by atoms with Crippen LogP contribution < -0.4 is 0 Å². The Labute approximate surface area is 240 Å². The molecule has 216 valence electrons. The molecule has 0 aliphatic rings. The van der Waals surface area contributed by atoms with Gasteiger partial charge in [0.2, 0.25) is 0 Å². The van der Waals surface area contributed by atoms with Gasteiger partial charge in [0.05, 0.1) is 0 Å². The lowest BCUT2D eigenvalue weighted by molar-refractivity contribution is 0.702. The van der Waals surface area contributed by atoms with E-state index in [9.17, 15) is 0 Å². The van der Waals surface area contributed by atoms with Crippen molar-refractivity contribution in [3.63, 3.8) is 0 Å². The number of aryl methyl sites for hydroxylation is 3. The van der Waals surface area contributed by atoms with E-state index >= 15 is 0 Å². The Morgan fingerprint density at radius 3 is 1.61 bits per heavy atom. The third-order valence-electron chi connectivity index (χ3n) is 5.87. The van der Waals surface area contributed by atoms with Gasteiger partial charge in [-0.2, -0.15) is 0 Å². The van der Waals surface area contributed by atoms with Gasteiger partial charge in [-0.15, -0.1) is 0 Å². The molecule has 0 nitrogen and oxygen atoms in total. The maximum absolute atomic E-state index is 4.15. The van der Waals surface area contributed by atoms with E-state index < -0.39 is 0 Å². The van der Waals surface area contributed by atoms with Gasteiger partial charge in [0.25, 0.3) is 0 Å². The van der Waals surface area contributed by atoms with E-state index in [4.69, 9.17) is 0 Å². The zero-order valence-electron chi connectivity index (χ0n) is 27.9. The lowest BCUT2D eigenvalue weighted by Crippen LogP contribution is -1.94. The predicted octanol–water partition coefficient (Wildman–Crippen LogP) is 13.4. The van der Waals surface area contributed by atoms with E-state index in [1.165, 1.54) is 70.2 Å². The molecule has 2 rings (SSSR count). The molecule has 0 saturated carbocycles. The molecule has 2 aromatic rings. The van der Waals surface area contributed by atoms with Crippen LogP contribution in [0.5, 0.6) is 0 Å². The molecule has 0 bridgehead atoms. The fraction of sp³-hybridized carbons (Fsp3) is 0.526. The van der Waals surface area contributed by atoms with Crippen LogP contribution in [0.3, 0.4) is 0 Å². The van der Waals surface area contributed by atoms with E-state index in [0.717, 1.165) is 24.8 Å². The van der Waals surface area contributed by atoms with Gasteiger partial charge in [0, 0.05) is 0 Å². The quantitative estimate of drug-likeness (QED) is 0.166. The van der Waals surface area contributed by atoms with Crippen LogP contribution in [0.2, 0.25) is 0 Å². The normalized spacial score (nSPS) is 9.76. The molecular weight excluding hydrogens is 456 g/mol. The molecule has 0 saturated heterocycles. The molecule has 2 aromatic carbocycles. The van der Waals surface area contributed by atoms with E-state index in [1.807, 2.05) is 41.5 Å². The highest BCUT2D eigenvalue weighted by molar-refractivity contribution is 5.73. The molecular formula is C38H64. The smallest absolute Gasteiger partial charge is 0.00699 e. The zero-order chi connectivity index (χ0) is 30.1. The molecule has 0 aromatic heterocycles. The van der Waals surface area contributed by atoms with E-state index in [1.54, 1.807) is 0 Å². The Kier molecular flexibility index (Phi) is 27.8. The molecule has 0 radical (unpaired) electrons. The van der Waals surface area contributed by atoms with Crippen molar-refractivity contribution in [1.82, 2.24) is 0 Å². The number of benzene rings is 2. The highest BCUT2D eigenvalue weighted by Crippen LogP contribution is 2.30. The van der Waals surface area contributed by atoms with E-state index in [2.05, 4.69) is 104 Å². The summed E-state index contributed by atoms with van der Waals surface area (Å²) >= 11 is 0. The van der Waals surface area contributed by atoms with Crippen molar-refractivity contribution in [3.05, 3.63) is 88.5 Å². The van der Waals surface area contributed by atoms with Gasteiger partial charge >= 0.3 is 0 Å². The summed E-state index contributed by atoms with van der Waals surface area (Å²) < 4.78 is 0. The maximum Gasteiger partial charge on any atom is -0.00699 e. The van der Waals surface area contributed by atoms with Crippen molar-refractivity contribution in [2.75, 3.05) is 0 Å². The average Bonchev–Trinajstić information content (AvgIpc) is 2.95. The van der Waals surface area contributed by atoms with Gasteiger partial charge in [0.15, 0.2) is 0 Å². The van der Waals surface area contributed by atoms with Gasteiger partial charge < -0.3 is 0 Å². The first-order valence-corrected chi connectivity index (χ1v) is 15.5. The molecule has 0 unspecified atom stereocenters. The third-order valence-corrected chi connectivity index (χ3v) is 5.87. The number of hydrogen-bond acceptors (Lipinski definition) is 0. The van der Waals surface area contributed by atoms with Gasteiger partial charge in [-0.25, -0.2) is 0 Å². The Morgan fingerprint density at radius 1 is 0.737 bits per heavy atom. The number of unbranched alkanes of at least 4 members (excludes halogenated alkanes) is 3. The summed E-state index contributed by atoms with van der Waals surface area (Å²) in [5.41, 5.74) is 11.6. The average molecular weight is 521 g/mol. The van der Waals surface area contributed by atoms with Gasteiger partial charge in [-0.3, -0.25) is 0 Å². The Hall–Kier alpha value is -2.34. The first kappa shape index (κ1) is 40.2. The molecule has 0 amide bonds. The fourth-order valence-corrected chi connectivity index (χ4v) is 3.75. The topological polar surface area (TPSA) is 0 Å². The standard InChI is InChI=1S/C26H32.C6H14.3C2H6/c1-8-21-10-12-23(13-11-21)26-15-20(7)25(16-22(26)9-2)17-24(19(5)6)14-18(3)4;1-3-5-6-4-2;3*1-2/h10-13,15-17H,3,5,8-9,14H2,1-2,4,6-7H3;3-6H2,1-2H3;3*1-2H3/b24-17+;;;;. The summed E-state index contributed by atoms with van der Waals surface area (Å²) in [6.45, 7) is 35.5. The molecule has 0 N–H and O–H groups in total. The Bertz CT molecular complexity index is 886. The second kappa shape index (κ2) is 26.3. The summed E-state index contributed by atoms with van der Waals surface area (Å²) in [5.74, 6) is 0. The van der Waals surface area contributed by atoms with E-state index in [0.29, 0.717) is 0 Å².